The lowest BCUT2D eigenvalue weighted by Crippen LogP contribution is -1.96. The Morgan fingerprint density at radius 2 is 1.71 bits per heavy atom. The molecule has 0 fully saturated rings. The van der Waals surface area contributed by atoms with Gasteiger partial charge in [-0.15, -0.1) is 0 Å². The molecule has 1 aromatic heterocycles. The van der Waals surface area contributed by atoms with E-state index >= 15 is 0 Å². The number of aliphatic hydroxyl groups is 1. The lowest BCUT2D eigenvalue weighted by Gasteiger charge is -2.06. The SMILES string of the molecule is CCCCCCn1cc(C)c2cc(C#N)c(C)cc21.CCCCO. The summed E-state index contributed by atoms with van der Waals surface area (Å²) in [6.45, 7) is 9.85. The fraction of sp³-hybridized carbons (Fsp3) is 0.571. The second kappa shape index (κ2) is 10.9. The minimum absolute atomic E-state index is 0.344. The summed E-state index contributed by atoms with van der Waals surface area (Å²) < 4.78 is 2.34. The largest absolute Gasteiger partial charge is 0.396 e. The highest BCUT2D eigenvalue weighted by molar-refractivity contribution is 5.86. The lowest BCUT2D eigenvalue weighted by atomic mass is 10.1. The van der Waals surface area contributed by atoms with E-state index in [1.165, 1.54) is 42.1 Å². The third-order valence-corrected chi connectivity index (χ3v) is 4.31. The fourth-order valence-corrected chi connectivity index (χ4v) is 2.79. The van der Waals surface area contributed by atoms with Crippen LogP contribution >= 0.6 is 0 Å². The van der Waals surface area contributed by atoms with E-state index in [1.807, 2.05) is 13.0 Å². The van der Waals surface area contributed by atoms with Crippen LogP contribution in [-0.4, -0.2) is 16.3 Å². The highest BCUT2D eigenvalue weighted by Gasteiger charge is 2.08. The Morgan fingerprint density at radius 1 is 1.00 bits per heavy atom. The highest BCUT2D eigenvalue weighted by atomic mass is 16.2. The van der Waals surface area contributed by atoms with Crippen molar-refractivity contribution in [3.05, 3.63) is 35.0 Å². The number of aliphatic hydroxyl groups excluding tert-OH is 1. The van der Waals surface area contributed by atoms with Gasteiger partial charge in [0.05, 0.1) is 11.6 Å². The first kappa shape index (κ1) is 20.3. The maximum Gasteiger partial charge on any atom is 0.0994 e. The zero-order chi connectivity index (χ0) is 17.9. The molecular formula is C21H32N2O. The van der Waals surface area contributed by atoms with Crippen LogP contribution in [0.4, 0.5) is 0 Å². The smallest absolute Gasteiger partial charge is 0.0994 e. The van der Waals surface area contributed by atoms with Crippen LogP contribution in [0.1, 0.15) is 69.1 Å². The van der Waals surface area contributed by atoms with Gasteiger partial charge in [-0.2, -0.15) is 5.26 Å². The molecule has 0 amide bonds. The van der Waals surface area contributed by atoms with Crippen LogP contribution in [0.2, 0.25) is 0 Å². The van der Waals surface area contributed by atoms with Crippen LogP contribution in [0, 0.1) is 25.2 Å². The van der Waals surface area contributed by atoms with Crippen LogP contribution < -0.4 is 0 Å². The van der Waals surface area contributed by atoms with Gasteiger partial charge in [-0.05, 0) is 49.9 Å². The van der Waals surface area contributed by atoms with Crippen molar-refractivity contribution in [3.8, 4) is 6.07 Å². The molecule has 2 aromatic rings. The van der Waals surface area contributed by atoms with Crippen molar-refractivity contribution in [1.29, 1.82) is 5.26 Å². The number of fused-ring (bicyclic) bond motifs is 1. The topological polar surface area (TPSA) is 49.0 Å². The fourth-order valence-electron chi connectivity index (χ4n) is 2.79. The van der Waals surface area contributed by atoms with Gasteiger partial charge in [0.15, 0.2) is 0 Å². The highest BCUT2D eigenvalue weighted by Crippen LogP contribution is 2.25. The summed E-state index contributed by atoms with van der Waals surface area (Å²) in [5.41, 5.74) is 4.40. The number of nitriles is 1. The Hall–Kier alpha value is -1.79. The van der Waals surface area contributed by atoms with E-state index in [-0.39, 0.29) is 0 Å². The number of nitrogens with zero attached hydrogens (tertiary/aromatic N) is 2. The normalized spacial score (nSPS) is 10.3. The molecule has 0 aliphatic heterocycles. The molecule has 1 N–H and O–H groups in total. The molecule has 0 aliphatic carbocycles. The third kappa shape index (κ3) is 5.69. The molecular weight excluding hydrogens is 296 g/mol. The van der Waals surface area contributed by atoms with Gasteiger partial charge in [-0.3, -0.25) is 0 Å². The van der Waals surface area contributed by atoms with Gasteiger partial charge in [0.2, 0.25) is 0 Å². The molecule has 1 heterocycles. The van der Waals surface area contributed by atoms with Crippen LogP contribution in [0.5, 0.6) is 0 Å². The molecule has 0 saturated heterocycles. The molecule has 0 spiro atoms. The molecule has 0 saturated carbocycles. The molecule has 0 atom stereocenters. The summed E-state index contributed by atoms with van der Waals surface area (Å²) in [4.78, 5) is 0. The van der Waals surface area contributed by atoms with Gasteiger partial charge >= 0.3 is 0 Å². The summed E-state index contributed by atoms with van der Waals surface area (Å²) in [5.74, 6) is 0. The number of hydrogen-bond donors (Lipinski definition) is 1. The van der Waals surface area contributed by atoms with Gasteiger partial charge in [0, 0.05) is 30.3 Å². The molecule has 0 bridgehead atoms. The molecule has 2 rings (SSSR count). The second-order valence-electron chi connectivity index (χ2n) is 6.44. The van der Waals surface area contributed by atoms with Crippen molar-refractivity contribution >= 4 is 10.9 Å². The molecule has 3 nitrogen and oxygen atoms in total. The molecule has 0 aliphatic rings. The van der Waals surface area contributed by atoms with Crippen LogP contribution in [0.3, 0.4) is 0 Å². The van der Waals surface area contributed by atoms with Gasteiger partial charge in [-0.1, -0.05) is 39.5 Å². The molecule has 0 unspecified atom stereocenters. The minimum atomic E-state index is 0.344. The predicted octanol–water partition coefficient (Wildman–Crippen LogP) is 5.49. The van der Waals surface area contributed by atoms with Crippen molar-refractivity contribution in [2.24, 2.45) is 0 Å². The summed E-state index contributed by atoms with van der Waals surface area (Å²) in [7, 11) is 0. The molecule has 0 radical (unpaired) electrons. The van der Waals surface area contributed by atoms with Gasteiger partial charge in [-0.25, -0.2) is 0 Å². The van der Waals surface area contributed by atoms with E-state index in [0.717, 1.165) is 30.5 Å². The summed E-state index contributed by atoms with van der Waals surface area (Å²) >= 11 is 0. The van der Waals surface area contributed by atoms with E-state index in [4.69, 9.17) is 10.4 Å². The van der Waals surface area contributed by atoms with Gasteiger partial charge < -0.3 is 9.67 Å². The van der Waals surface area contributed by atoms with Crippen LogP contribution in [-0.2, 0) is 6.54 Å². The Labute approximate surface area is 146 Å². The monoisotopic (exact) mass is 328 g/mol. The quantitative estimate of drug-likeness (QED) is 0.683. The summed E-state index contributed by atoms with van der Waals surface area (Å²) in [6.07, 6.45) is 9.38. The number of hydrogen-bond acceptors (Lipinski definition) is 2. The second-order valence-corrected chi connectivity index (χ2v) is 6.44. The number of benzene rings is 1. The molecule has 24 heavy (non-hydrogen) atoms. The van der Waals surface area contributed by atoms with Crippen LogP contribution in [0.25, 0.3) is 10.9 Å². The zero-order valence-corrected chi connectivity index (χ0v) is 15.7. The van der Waals surface area contributed by atoms with E-state index in [9.17, 15) is 0 Å². The van der Waals surface area contributed by atoms with Crippen molar-refractivity contribution in [2.45, 2.75) is 72.8 Å². The van der Waals surface area contributed by atoms with Crippen molar-refractivity contribution in [2.75, 3.05) is 6.61 Å². The van der Waals surface area contributed by atoms with Gasteiger partial charge in [0.25, 0.3) is 0 Å². The van der Waals surface area contributed by atoms with Gasteiger partial charge in [0.1, 0.15) is 0 Å². The maximum absolute atomic E-state index is 9.12. The van der Waals surface area contributed by atoms with Crippen molar-refractivity contribution in [1.82, 2.24) is 4.57 Å². The average molecular weight is 329 g/mol. The zero-order valence-electron chi connectivity index (χ0n) is 15.7. The first-order chi connectivity index (χ1) is 11.6. The van der Waals surface area contributed by atoms with Crippen molar-refractivity contribution < 1.29 is 5.11 Å². The predicted molar refractivity (Wildman–Crippen MR) is 102 cm³/mol. The Morgan fingerprint density at radius 3 is 2.25 bits per heavy atom. The lowest BCUT2D eigenvalue weighted by molar-refractivity contribution is 0.287. The van der Waals surface area contributed by atoms with Crippen LogP contribution in [0.15, 0.2) is 18.3 Å². The minimum Gasteiger partial charge on any atom is -0.396 e. The number of aryl methyl sites for hydroxylation is 3. The first-order valence-electron chi connectivity index (χ1n) is 9.20. The Bertz CT molecular complexity index is 663. The number of unbranched alkanes of at least 4 members (excludes halogenated alkanes) is 4. The van der Waals surface area contributed by atoms with E-state index in [0.29, 0.717) is 6.61 Å². The maximum atomic E-state index is 9.12. The summed E-state index contributed by atoms with van der Waals surface area (Å²) in [5, 5.41) is 18.4. The third-order valence-electron chi connectivity index (χ3n) is 4.31. The first-order valence-corrected chi connectivity index (χ1v) is 9.20. The van der Waals surface area contributed by atoms with Crippen molar-refractivity contribution in [3.63, 3.8) is 0 Å². The Kier molecular flexibility index (Phi) is 9.19. The molecule has 1 aromatic carbocycles. The Balaban J connectivity index is 0.000000505. The van der Waals surface area contributed by atoms with E-state index in [2.05, 4.69) is 43.7 Å². The van der Waals surface area contributed by atoms with E-state index in [1.54, 1.807) is 0 Å². The van der Waals surface area contributed by atoms with E-state index < -0.39 is 0 Å². The number of rotatable bonds is 7. The summed E-state index contributed by atoms with van der Waals surface area (Å²) in [6, 6.07) is 6.46. The molecule has 132 valence electrons. The number of aromatic nitrogens is 1. The average Bonchev–Trinajstić information content (AvgIpc) is 2.87. The standard InChI is InChI=1S/C17H22N2.C4H10O/c1-4-5-6-7-8-19-12-14(3)16-10-15(11-18)13(2)9-17(16)19;1-2-3-4-5/h9-10,12H,4-8H2,1-3H3;5H,2-4H2,1H3. The molecule has 3 heteroatoms.